The van der Waals surface area contributed by atoms with Gasteiger partial charge < -0.3 is 10.6 Å². The Bertz CT molecular complexity index is 1270. The number of halogens is 1. The van der Waals surface area contributed by atoms with Crippen LogP contribution in [0.25, 0.3) is 16.3 Å². The van der Waals surface area contributed by atoms with Crippen molar-refractivity contribution in [2.45, 2.75) is 4.34 Å². The van der Waals surface area contributed by atoms with Gasteiger partial charge in [0.1, 0.15) is 0 Å². The maximum Gasteiger partial charge on any atom is 0.248 e. The second-order valence-corrected chi connectivity index (χ2v) is 9.91. The number of nitrogens with one attached hydrogen (secondary N) is 2. The van der Waals surface area contributed by atoms with Crippen molar-refractivity contribution >= 4 is 78.5 Å². The van der Waals surface area contributed by atoms with Crippen molar-refractivity contribution in [3.63, 3.8) is 0 Å². The zero-order chi connectivity index (χ0) is 22.3. The summed E-state index contributed by atoms with van der Waals surface area (Å²) < 4.78 is 2.71. The van der Waals surface area contributed by atoms with Gasteiger partial charge in [-0.2, -0.15) is 0 Å². The van der Waals surface area contributed by atoms with E-state index in [9.17, 15) is 9.59 Å². The van der Waals surface area contributed by atoms with Crippen LogP contribution in [0.1, 0.15) is 5.56 Å². The number of thiazole rings is 1. The van der Waals surface area contributed by atoms with E-state index in [2.05, 4.69) is 31.5 Å². The minimum atomic E-state index is -0.197. The van der Waals surface area contributed by atoms with E-state index < -0.39 is 0 Å². The summed E-state index contributed by atoms with van der Waals surface area (Å²) in [6.07, 6.45) is 3.28. The fourth-order valence-corrected chi connectivity index (χ4v) is 4.99. The van der Waals surface area contributed by atoms with Gasteiger partial charge >= 0.3 is 0 Å². The quantitative estimate of drug-likeness (QED) is 0.216. The maximum atomic E-state index is 12.2. The van der Waals surface area contributed by atoms with Crippen LogP contribution in [-0.4, -0.2) is 22.6 Å². The lowest BCUT2D eigenvalue weighted by Gasteiger charge is -2.03. The van der Waals surface area contributed by atoms with E-state index in [4.69, 9.17) is 0 Å². The van der Waals surface area contributed by atoms with Crippen LogP contribution in [-0.2, 0) is 9.59 Å². The molecule has 0 aliphatic heterocycles. The largest absolute Gasteiger partial charge is 0.325 e. The van der Waals surface area contributed by atoms with E-state index >= 15 is 0 Å². The summed E-state index contributed by atoms with van der Waals surface area (Å²) >= 11 is 6.26. The molecule has 0 aliphatic carbocycles. The summed E-state index contributed by atoms with van der Waals surface area (Å²) in [7, 11) is 0. The van der Waals surface area contributed by atoms with Crippen molar-refractivity contribution in [2.75, 3.05) is 16.4 Å². The Kier molecular flexibility index (Phi) is 7.36. The highest BCUT2D eigenvalue weighted by molar-refractivity contribution is 9.10. The van der Waals surface area contributed by atoms with Crippen LogP contribution in [0, 0.1) is 0 Å². The van der Waals surface area contributed by atoms with Gasteiger partial charge in [0.05, 0.1) is 16.0 Å². The predicted molar refractivity (Wildman–Crippen MR) is 137 cm³/mol. The number of amides is 2. The topological polar surface area (TPSA) is 71.1 Å². The molecule has 2 amide bonds. The molecule has 1 heterocycles. The molecule has 1 aromatic heterocycles. The molecule has 32 heavy (non-hydrogen) atoms. The van der Waals surface area contributed by atoms with E-state index in [1.54, 1.807) is 6.08 Å². The molecule has 160 valence electrons. The van der Waals surface area contributed by atoms with E-state index in [0.717, 1.165) is 30.3 Å². The lowest BCUT2D eigenvalue weighted by atomic mass is 10.2. The van der Waals surface area contributed by atoms with Crippen LogP contribution < -0.4 is 10.6 Å². The maximum absolute atomic E-state index is 12.2. The number of carbonyl (C=O) groups is 2. The number of hydrogen-bond donors (Lipinski definition) is 2. The molecule has 0 bridgehead atoms. The van der Waals surface area contributed by atoms with E-state index in [1.807, 2.05) is 72.8 Å². The van der Waals surface area contributed by atoms with Gasteiger partial charge in [-0.05, 0) is 54.1 Å². The third kappa shape index (κ3) is 6.29. The van der Waals surface area contributed by atoms with E-state index in [-0.39, 0.29) is 17.6 Å². The zero-order valence-corrected chi connectivity index (χ0v) is 20.0. The van der Waals surface area contributed by atoms with Crippen molar-refractivity contribution in [3.05, 3.63) is 88.9 Å². The van der Waals surface area contributed by atoms with Crippen LogP contribution in [0.5, 0.6) is 0 Å². The smallest absolute Gasteiger partial charge is 0.248 e. The van der Waals surface area contributed by atoms with Crippen LogP contribution in [0.3, 0.4) is 0 Å². The molecule has 0 saturated heterocycles. The van der Waals surface area contributed by atoms with Crippen LogP contribution >= 0.6 is 39.0 Å². The highest BCUT2D eigenvalue weighted by atomic mass is 79.9. The minimum absolute atomic E-state index is 0.0882. The van der Waals surface area contributed by atoms with Crippen molar-refractivity contribution in [2.24, 2.45) is 0 Å². The van der Waals surface area contributed by atoms with Crippen LogP contribution in [0.15, 0.2) is 87.7 Å². The first kappa shape index (κ1) is 22.3. The monoisotopic (exact) mass is 523 g/mol. The highest BCUT2D eigenvalue weighted by Crippen LogP contribution is 2.31. The van der Waals surface area contributed by atoms with Gasteiger partial charge in [-0.1, -0.05) is 58.0 Å². The summed E-state index contributed by atoms with van der Waals surface area (Å²) in [5.74, 6) is -0.0179. The van der Waals surface area contributed by atoms with E-state index in [1.165, 1.54) is 29.2 Å². The first-order valence-electron chi connectivity index (χ1n) is 9.68. The number of benzene rings is 3. The number of rotatable bonds is 7. The number of thioether (sulfide) groups is 1. The van der Waals surface area contributed by atoms with Crippen molar-refractivity contribution in [3.8, 4) is 0 Å². The Morgan fingerprint density at radius 2 is 1.72 bits per heavy atom. The third-order valence-electron chi connectivity index (χ3n) is 4.32. The SMILES string of the molecule is O=C(/C=C/c1ccccc1)Nc1ccc2nc(SCC(=O)Nc3ccc(Br)cc3)sc2c1. The number of hydrogen-bond acceptors (Lipinski definition) is 5. The molecule has 3 aromatic carbocycles. The third-order valence-corrected chi connectivity index (χ3v) is 7.01. The van der Waals surface area contributed by atoms with Gasteiger partial charge in [-0.25, -0.2) is 4.98 Å². The van der Waals surface area contributed by atoms with Crippen LogP contribution in [0.4, 0.5) is 11.4 Å². The predicted octanol–water partition coefficient (Wildman–Crippen LogP) is 6.44. The fraction of sp³-hybridized carbons (Fsp3) is 0.0417. The molecule has 8 heteroatoms. The zero-order valence-electron chi connectivity index (χ0n) is 16.7. The van der Waals surface area contributed by atoms with Gasteiger partial charge in [0.25, 0.3) is 0 Å². The van der Waals surface area contributed by atoms with Gasteiger partial charge in [0.15, 0.2) is 4.34 Å². The lowest BCUT2D eigenvalue weighted by Crippen LogP contribution is -2.13. The average molecular weight is 524 g/mol. The molecule has 0 radical (unpaired) electrons. The molecule has 0 atom stereocenters. The number of nitrogens with zero attached hydrogens (tertiary/aromatic N) is 1. The molecular weight excluding hydrogens is 506 g/mol. The summed E-state index contributed by atoms with van der Waals surface area (Å²) in [5, 5.41) is 5.74. The average Bonchev–Trinajstić information content (AvgIpc) is 3.21. The normalized spacial score (nSPS) is 11.0. The molecule has 0 unspecified atom stereocenters. The van der Waals surface area contributed by atoms with Crippen LogP contribution in [0.2, 0.25) is 0 Å². The van der Waals surface area contributed by atoms with Gasteiger partial charge in [0, 0.05) is 21.9 Å². The molecule has 0 saturated carbocycles. The summed E-state index contributed by atoms with van der Waals surface area (Å²) in [6.45, 7) is 0. The molecule has 0 fully saturated rings. The molecule has 0 spiro atoms. The van der Waals surface area contributed by atoms with Gasteiger partial charge in [-0.3, -0.25) is 9.59 Å². The molecular formula is C24H18BrN3O2S2. The van der Waals surface area contributed by atoms with Crippen molar-refractivity contribution in [1.29, 1.82) is 0 Å². The fourth-order valence-electron chi connectivity index (χ4n) is 2.82. The standard InChI is InChI=1S/C24H18BrN3O2S2/c25-17-7-9-18(10-8-17)26-23(30)15-31-24-28-20-12-11-19(14-21(20)32-24)27-22(29)13-6-16-4-2-1-3-5-16/h1-14H,15H2,(H,26,30)(H,27,29)/b13-6+. The minimum Gasteiger partial charge on any atom is -0.325 e. The van der Waals surface area contributed by atoms with Gasteiger partial charge in [-0.15, -0.1) is 11.3 Å². The molecule has 0 aliphatic rings. The first-order chi connectivity index (χ1) is 15.5. The summed E-state index contributed by atoms with van der Waals surface area (Å²) in [5.41, 5.74) is 3.26. The highest BCUT2D eigenvalue weighted by Gasteiger charge is 2.09. The number of aromatic nitrogens is 1. The molecule has 4 aromatic rings. The summed E-state index contributed by atoms with van der Waals surface area (Å²) in [6, 6.07) is 22.7. The second kappa shape index (κ2) is 10.6. The van der Waals surface area contributed by atoms with E-state index in [0.29, 0.717) is 5.69 Å². The summed E-state index contributed by atoms with van der Waals surface area (Å²) in [4.78, 5) is 29.0. The Hall–Kier alpha value is -2.94. The number of anilines is 2. The van der Waals surface area contributed by atoms with Crippen molar-refractivity contribution < 1.29 is 9.59 Å². The molecule has 4 rings (SSSR count). The number of carbonyl (C=O) groups excluding carboxylic acids is 2. The molecule has 5 nitrogen and oxygen atoms in total. The Balaban J connectivity index is 1.34. The van der Waals surface area contributed by atoms with Crippen molar-refractivity contribution in [1.82, 2.24) is 4.98 Å². The lowest BCUT2D eigenvalue weighted by molar-refractivity contribution is -0.114. The second-order valence-electron chi connectivity index (χ2n) is 6.74. The molecule has 2 N–H and O–H groups in total. The Morgan fingerprint density at radius 3 is 2.50 bits per heavy atom. The first-order valence-corrected chi connectivity index (χ1v) is 12.3. The Labute approximate surface area is 202 Å². The van der Waals surface area contributed by atoms with Gasteiger partial charge in [0.2, 0.25) is 11.8 Å². The number of fused-ring (bicyclic) bond motifs is 1. The Morgan fingerprint density at radius 1 is 0.969 bits per heavy atom.